The Balaban J connectivity index is 2.36. The molecule has 1 aromatic heterocycles. The van der Waals surface area contributed by atoms with E-state index in [0.29, 0.717) is 12.2 Å². The summed E-state index contributed by atoms with van der Waals surface area (Å²) in [5, 5.41) is 2.82. The molecule has 5 heteroatoms. The first kappa shape index (κ1) is 14.6. The van der Waals surface area contributed by atoms with Crippen molar-refractivity contribution in [3.63, 3.8) is 0 Å². The molecule has 20 heavy (non-hydrogen) atoms. The van der Waals surface area contributed by atoms with Crippen LogP contribution in [0, 0.1) is 5.92 Å². The minimum Gasteiger partial charge on any atom is -0.467 e. The third-order valence-corrected chi connectivity index (χ3v) is 3.85. The van der Waals surface area contributed by atoms with Gasteiger partial charge >= 0.3 is 0 Å². The van der Waals surface area contributed by atoms with Gasteiger partial charge in [0.25, 0.3) is 0 Å². The molecular formula is C15H22N2O3. The Morgan fingerprint density at radius 3 is 2.55 bits per heavy atom. The lowest BCUT2D eigenvalue weighted by atomic mass is 9.94. The van der Waals surface area contributed by atoms with Crippen LogP contribution >= 0.6 is 0 Å². The van der Waals surface area contributed by atoms with Crippen LogP contribution < -0.4 is 5.32 Å². The molecule has 2 amide bonds. The van der Waals surface area contributed by atoms with E-state index >= 15 is 0 Å². The average Bonchev–Trinajstić information content (AvgIpc) is 2.93. The van der Waals surface area contributed by atoms with Crippen molar-refractivity contribution in [1.29, 1.82) is 0 Å². The van der Waals surface area contributed by atoms with E-state index < -0.39 is 12.1 Å². The maximum atomic E-state index is 12.6. The van der Waals surface area contributed by atoms with E-state index in [0.717, 1.165) is 0 Å². The summed E-state index contributed by atoms with van der Waals surface area (Å²) in [5.41, 5.74) is 0. The molecule has 1 aliphatic rings. The van der Waals surface area contributed by atoms with Gasteiger partial charge in [0.05, 0.1) is 12.3 Å². The van der Waals surface area contributed by atoms with Crippen molar-refractivity contribution in [2.24, 2.45) is 5.92 Å². The minimum absolute atomic E-state index is 0.0327. The van der Waals surface area contributed by atoms with Gasteiger partial charge in [-0.2, -0.15) is 0 Å². The Bertz CT molecular complexity index is 481. The van der Waals surface area contributed by atoms with E-state index in [4.69, 9.17) is 4.42 Å². The summed E-state index contributed by atoms with van der Waals surface area (Å²) in [6, 6.07) is 2.50. The Kier molecular flexibility index (Phi) is 4.16. The Morgan fingerprint density at radius 1 is 1.35 bits per heavy atom. The summed E-state index contributed by atoms with van der Waals surface area (Å²) in [5.74, 6) is 0.641. The Morgan fingerprint density at radius 2 is 2.05 bits per heavy atom. The number of amides is 2. The second-order valence-electron chi connectivity index (χ2n) is 5.60. The van der Waals surface area contributed by atoms with E-state index in [1.807, 2.05) is 33.8 Å². The molecule has 1 aromatic rings. The van der Waals surface area contributed by atoms with Gasteiger partial charge in [0.2, 0.25) is 11.8 Å². The molecule has 110 valence electrons. The van der Waals surface area contributed by atoms with Crippen LogP contribution in [0.1, 0.15) is 45.9 Å². The fourth-order valence-corrected chi connectivity index (χ4v) is 2.76. The largest absolute Gasteiger partial charge is 0.467 e. The maximum Gasteiger partial charge on any atom is 0.246 e. The van der Waals surface area contributed by atoms with Crippen LogP contribution in [0.3, 0.4) is 0 Å². The van der Waals surface area contributed by atoms with Crippen LogP contribution in [0.15, 0.2) is 22.8 Å². The SMILES string of the molecule is CCC1NC(=O)C(C(C)C)N(C(C)c2ccco2)C1=O. The molecule has 1 N–H and O–H groups in total. The number of nitrogens with one attached hydrogen (secondary N) is 1. The molecule has 3 atom stereocenters. The predicted molar refractivity (Wildman–Crippen MR) is 74.8 cm³/mol. The van der Waals surface area contributed by atoms with E-state index in [2.05, 4.69) is 5.32 Å². The van der Waals surface area contributed by atoms with Crippen LogP contribution in [0.25, 0.3) is 0 Å². The molecule has 1 fully saturated rings. The second kappa shape index (κ2) is 5.69. The van der Waals surface area contributed by atoms with Crippen molar-refractivity contribution in [1.82, 2.24) is 10.2 Å². The molecule has 0 spiro atoms. The van der Waals surface area contributed by atoms with Gasteiger partial charge in [-0.05, 0) is 31.4 Å². The van der Waals surface area contributed by atoms with Crippen LogP contribution in [0.2, 0.25) is 0 Å². The lowest BCUT2D eigenvalue weighted by molar-refractivity contribution is -0.154. The second-order valence-corrected chi connectivity index (χ2v) is 5.60. The lowest BCUT2D eigenvalue weighted by Gasteiger charge is -2.43. The number of hydrogen-bond donors (Lipinski definition) is 1. The van der Waals surface area contributed by atoms with Gasteiger partial charge in [-0.15, -0.1) is 0 Å². The number of carbonyl (C=O) groups is 2. The van der Waals surface area contributed by atoms with E-state index in [1.54, 1.807) is 17.2 Å². The summed E-state index contributed by atoms with van der Waals surface area (Å²) in [6.07, 6.45) is 2.18. The Labute approximate surface area is 119 Å². The van der Waals surface area contributed by atoms with E-state index in [9.17, 15) is 9.59 Å². The molecule has 2 rings (SSSR count). The first-order chi connectivity index (χ1) is 9.47. The number of piperazine rings is 1. The third kappa shape index (κ3) is 2.44. The van der Waals surface area contributed by atoms with Gasteiger partial charge < -0.3 is 14.6 Å². The summed E-state index contributed by atoms with van der Waals surface area (Å²) >= 11 is 0. The molecule has 1 aliphatic heterocycles. The molecule has 1 saturated heterocycles. The number of rotatable bonds is 4. The molecule has 3 unspecified atom stereocenters. The van der Waals surface area contributed by atoms with Crippen molar-refractivity contribution in [3.05, 3.63) is 24.2 Å². The maximum absolute atomic E-state index is 12.6. The van der Waals surface area contributed by atoms with Crippen LogP contribution in [-0.2, 0) is 9.59 Å². The summed E-state index contributed by atoms with van der Waals surface area (Å²) in [6.45, 7) is 7.70. The fraction of sp³-hybridized carbons (Fsp3) is 0.600. The number of furan rings is 1. The monoisotopic (exact) mass is 278 g/mol. The molecule has 0 bridgehead atoms. The van der Waals surface area contributed by atoms with Crippen molar-refractivity contribution in [2.75, 3.05) is 0 Å². The fourth-order valence-electron chi connectivity index (χ4n) is 2.76. The van der Waals surface area contributed by atoms with Crippen LogP contribution in [-0.4, -0.2) is 28.8 Å². The molecule has 5 nitrogen and oxygen atoms in total. The minimum atomic E-state index is -0.453. The number of hydrogen-bond acceptors (Lipinski definition) is 3. The lowest BCUT2D eigenvalue weighted by Crippen LogP contribution is -2.64. The predicted octanol–water partition coefficient (Wildman–Crippen LogP) is 2.10. The zero-order valence-corrected chi connectivity index (χ0v) is 12.4. The van der Waals surface area contributed by atoms with Gasteiger partial charge in [0, 0.05) is 0 Å². The first-order valence-electron chi connectivity index (χ1n) is 7.13. The van der Waals surface area contributed by atoms with E-state index in [1.165, 1.54) is 0 Å². The molecule has 2 heterocycles. The molecule has 0 aliphatic carbocycles. The molecule has 0 radical (unpaired) electrons. The van der Waals surface area contributed by atoms with Gasteiger partial charge in [-0.25, -0.2) is 0 Å². The highest BCUT2D eigenvalue weighted by Crippen LogP contribution is 2.29. The highest BCUT2D eigenvalue weighted by atomic mass is 16.3. The van der Waals surface area contributed by atoms with Gasteiger partial charge in [-0.3, -0.25) is 9.59 Å². The summed E-state index contributed by atoms with van der Waals surface area (Å²) in [7, 11) is 0. The van der Waals surface area contributed by atoms with Crippen LogP contribution in [0.5, 0.6) is 0 Å². The molecule has 0 saturated carbocycles. The number of carbonyl (C=O) groups excluding carboxylic acids is 2. The highest BCUT2D eigenvalue weighted by molar-refractivity contribution is 5.97. The van der Waals surface area contributed by atoms with Gasteiger partial charge in [0.1, 0.15) is 17.8 Å². The van der Waals surface area contributed by atoms with E-state index in [-0.39, 0.29) is 23.8 Å². The zero-order valence-electron chi connectivity index (χ0n) is 12.4. The quantitative estimate of drug-likeness (QED) is 0.917. The smallest absolute Gasteiger partial charge is 0.246 e. The summed E-state index contributed by atoms with van der Waals surface area (Å²) in [4.78, 5) is 26.6. The Hall–Kier alpha value is -1.78. The molecular weight excluding hydrogens is 256 g/mol. The normalized spacial score (nSPS) is 24.9. The van der Waals surface area contributed by atoms with Crippen molar-refractivity contribution < 1.29 is 14.0 Å². The zero-order chi connectivity index (χ0) is 14.9. The molecule has 0 aromatic carbocycles. The topological polar surface area (TPSA) is 62.6 Å². The standard InChI is InChI=1S/C15H22N2O3/c1-5-11-15(19)17(10(4)12-7-6-8-20-12)13(9(2)3)14(18)16-11/h6-11,13H,5H2,1-4H3,(H,16,18). The number of nitrogens with zero attached hydrogens (tertiary/aromatic N) is 1. The van der Waals surface area contributed by atoms with Gasteiger partial charge in [-0.1, -0.05) is 20.8 Å². The van der Waals surface area contributed by atoms with Crippen molar-refractivity contribution in [3.8, 4) is 0 Å². The van der Waals surface area contributed by atoms with Gasteiger partial charge in [0.15, 0.2) is 0 Å². The summed E-state index contributed by atoms with van der Waals surface area (Å²) < 4.78 is 5.40. The van der Waals surface area contributed by atoms with Crippen molar-refractivity contribution >= 4 is 11.8 Å². The average molecular weight is 278 g/mol. The highest BCUT2D eigenvalue weighted by Gasteiger charge is 2.44. The third-order valence-electron chi connectivity index (χ3n) is 3.85. The van der Waals surface area contributed by atoms with Crippen molar-refractivity contribution in [2.45, 2.75) is 52.2 Å². The first-order valence-corrected chi connectivity index (χ1v) is 7.13. The van der Waals surface area contributed by atoms with Crippen LogP contribution in [0.4, 0.5) is 0 Å².